The van der Waals surface area contributed by atoms with Gasteiger partial charge in [0, 0.05) is 43.9 Å². The first-order valence-corrected chi connectivity index (χ1v) is 8.92. The van der Waals surface area contributed by atoms with Crippen molar-refractivity contribution >= 4 is 41.5 Å². The number of halogens is 2. The van der Waals surface area contributed by atoms with Gasteiger partial charge in [-0.05, 0) is 29.8 Å². The number of rotatable bonds is 8. The van der Waals surface area contributed by atoms with Crippen molar-refractivity contribution < 1.29 is 14.2 Å². The van der Waals surface area contributed by atoms with Crippen LogP contribution in [0, 0.1) is 0 Å². The van der Waals surface area contributed by atoms with E-state index < -0.39 is 0 Å². The maximum Gasteiger partial charge on any atom is 0.191 e. The molecule has 1 atom stereocenters. The lowest BCUT2D eigenvalue weighted by atomic mass is 10.1. The van der Waals surface area contributed by atoms with Crippen LogP contribution >= 0.6 is 35.6 Å². The smallest absolute Gasteiger partial charge is 0.191 e. The second-order valence-corrected chi connectivity index (χ2v) is 6.20. The van der Waals surface area contributed by atoms with Gasteiger partial charge >= 0.3 is 0 Å². The van der Waals surface area contributed by atoms with E-state index in [0.29, 0.717) is 24.1 Å². The van der Waals surface area contributed by atoms with Crippen LogP contribution in [-0.2, 0) is 11.3 Å². The molecule has 2 N–H and O–H groups in total. The molecular weight excluding hydrogens is 493 g/mol. The number of guanidine groups is 1. The molecule has 6 nitrogen and oxygen atoms in total. The molecule has 0 aliphatic rings. The number of benzene rings is 2. The van der Waals surface area contributed by atoms with E-state index >= 15 is 0 Å². The van der Waals surface area contributed by atoms with Gasteiger partial charge in [-0.2, -0.15) is 0 Å². The summed E-state index contributed by atoms with van der Waals surface area (Å²) in [5.74, 6) is 2.17. The molecule has 0 aliphatic carbocycles. The van der Waals surface area contributed by atoms with Gasteiger partial charge in [0.1, 0.15) is 11.5 Å². The van der Waals surface area contributed by atoms with Crippen molar-refractivity contribution in [3.63, 3.8) is 0 Å². The van der Waals surface area contributed by atoms with Crippen LogP contribution in [0.2, 0.25) is 5.02 Å². The van der Waals surface area contributed by atoms with Gasteiger partial charge in [-0.3, -0.25) is 4.99 Å². The van der Waals surface area contributed by atoms with Crippen LogP contribution < -0.4 is 20.1 Å². The fraction of sp³-hybridized carbons (Fsp3) is 0.350. The Kier molecular flexibility index (Phi) is 11.0. The Morgan fingerprint density at radius 3 is 2.46 bits per heavy atom. The molecule has 0 saturated heterocycles. The zero-order chi connectivity index (χ0) is 19.6. The van der Waals surface area contributed by atoms with Crippen molar-refractivity contribution in [1.29, 1.82) is 0 Å². The molecule has 0 aromatic heterocycles. The van der Waals surface area contributed by atoms with E-state index in [-0.39, 0.29) is 30.1 Å². The van der Waals surface area contributed by atoms with Crippen molar-refractivity contribution in [2.24, 2.45) is 4.99 Å². The van der Waals surface area contributed by atoms with Crippen LogP contribution in [-0.4, -0.2) is 40.9 Å². The predicted molar refractivity (Wildman–Crippen MR) is 124 cm³/mol. The summed E-state index contributed by atoms with van der Waals surface area (Å²) in [6.07, 6.45) is -0.141. The third-order valence-corrected chi connectivity index (χ3v) is 4.36. The molecular formula is C20H27ClIN3O3. The third-order valence-electron chi connectivity index (χ3n) is 4.12. The van der Waals surface area contributed by atoms with Crippen LogP contribution in [0.1, 0.15) is 17.2 Å². The minimum atomic E-state index is -0.141. The molecule has 2 aromatic carbocycles. The SMILES string of the molecule is CN=C(NCc1ccc(OC)cc1OC)NCC(OC)c1cccc(Cl)c1.I. The predicted octanol–water partition coefficient (Wildman–Crippen LogP) is 4.03. The minimum Gasteiger partial charge on any atom is -0.497 e. The zero-order valence-corrected chi connectivity index (χ0v) is 19.6. The van der Waals surface area contributed by atoms with Gasteiger partial charge in [0.2, 0.25) is 0 Å². The number of nitrogens with one attached hydrogen (secondary N) is 2. The standard InChI is InChI=1S/C20H26ClN3O3.HI/c1-22-20(23-12-15-8-9-17(25-2)11-18(15)26-3)24-13-19(27-4)14-6-5-7-16(21)10-14;/h5-11,19H,12-13H2,1-4H3,(H2,22,23,24);1H. The quantitative estimate of drug-likeness (QED) is 0.313. The highest BCUT2D eigenvalue weighted by molar-refractivity contribution is 14.0. The summed E-state index contributed by atoms with van der Waals surface area (Å²) < 4.78 is 16.2. The molecule has 0 saturated carbocycles. The van der Waals surface area contributed by atoms with Crippen molar-refractivity contribution in [2.75, 3.05) is 34.9 Å². The van der Waals surface area contributed by atoms with Crippen molar-refractivity contribution in [1.82, 2.24) is 10.6 Å². The Labute approximate surface area is 188 Å². The van der Waals surface area contributed by atoms with E-state index in [4.69, 9.17) is 25.8 Å². The van der Waals surface area contributed by atoms with Gasteiger partial charge < -0.3 is 24.8 Å². The van der Waals surface area contributed by atoms with Gasteiger partial charge in [-0.15, -0.1) is 24.0 Å². The first-order valence-electron chi connectivity index (χ1n) is 8.55. The van der Waals surface area contributed by atoms with Crippen LogP contribution in [0.4, 0.5) is 0 Å². The molecule has 0 radical (unpaired) electrons. The van der Waals surface area contributed by atoms with E-state index in [9.17, 15) is 0 Å². The maximum absolute atomic E-state index is 6.07. The number of hydrogen-bond donors (Lipinski definition) is 2. The van der Waals surface area contributed by atoms with Gasteiger partial charge in [0.15, 0.2) is 5.96 Å². The summed E-state index contributed by atoms with van der Waals surface area (Å²) in [7, 11) is 6.66. The highest BCUT2D eigenvalue weighted by Crippen LogP contribution is 2.24. The number of methoxy groups -OCH3 is 3. The Morgan fingerprint density at radius 1 is 1.07 bits per heavy atom. The van der Waals surface area contributed by atoms with Gasteiger partial charge in [0.05, 0.1) is 20.3 Å². The lowest BCUT2D eigenvalue weighted by molar-refractivity contribution is 0.106. The van der Waals surface area contributed by atoms with Gasteiger partial charge in [-0.1, -0.05) is 23.7 Å². The van der Waals surface area contributed by atoms with E-state index in [0.717, 1.165) is 22.6 Å². The third kappa shape index (κ3) is 7.03. The average Bonchev–Trinajstić information content (AvgIpc) is 2.70. The Balaban J connectivity index is 0.00000392. The zero-order valence-electron chi connectivity index (χ0n) is 16.5. The topological polar surface area (TPSA) is 64.1 Å². The summed E-state index contributed by atoms with van der Waals surface area (Å²) in [4.78, 5) is 4.26. The number of nitrogens with zero attached hydrogens (tertiary/aromatic N) is 1. The summed E-state index contributed by atoms with van der Waals surface area (Å²) in [6.45, 7) is 1.11. The molecule has 2 rings (SSSR count). The second-order valence-electron chi connectivity index (χ2n) is 5.76. The van der Waals surface area contributed by atoms with Crippen molar-refractivity contribution in [3.8, 4) is 11.5 Å². The lowest BCUT2D eigenvalue weighted by Crippen LogP contribution is -2.39. The summed E-state index contributed by atoms with van der Waals surface area (Å²) in [6, 6.07) is 13.3. The normalized spacial score (nSPS) is 12.0. The van der Waals surface area contributed by atoms with E-state index in [1.165, 1.54) is 0 Å². The largest absolute Gasteiger partial charge is 0.497 e. The summed E-state index contributed by atoms with van der Waals surface area (Å²) in [5, 5.41) is 7.23. The van der Waals surface area contributed by atoms with Gasteiger partial charge in [0.25, 0.3) is 0 Å². The van der Waals surface area contributed by atoms with Crippen LogP contribution in [0.3, 0.4) is 0 Å². The van der Waals surface area contributed by atoms with Crippen LogP contribution in [0.5, 0.6) is 11.5 Å². The molecule has 0 fully saturated rings. The average molecular weight is 520 g/mol. The maximum atomic E-state index is 6.07. The fourth-order valence-electron chi connectivity index (χ4n) is 2.63. The monoisotopic (exact) mass is 519 g/mol. The molecule has 8 heteroatoms. The van der Waals surface area contributed by atoms with Gasteiger partial charge in [-0.25, -0.2) is 0 Å². The van der Waals surface area contributed by atoms with Crippen molar-refractivity contribution in [2.45, 2.75) is 12.6 Å². The number of ether oxygens (including phenoxy) is 3. The Hall–Kier alpha value is -1.71. The molecule has 0 spiro atoms. The summed E-state index contributed by atoms with van der Waals surface area (Å²) >= 11 is 6.07. The fourth-order valence-corrected chi connectivity index (χ4v) is 2.83. The molecule has 28 heavy (non-hydrogen) atoms. The van der Waals surface area contributed by atoms with E-state index in [1.54, 1.807) is 28.4 Å². The molecule has 2 aromatic rings. The molecule has 0 heterocycles. The highest BCUT2D eigenvalue weighted by Gasteiger charge is 2.12. The highest BCUT2D eigenvalue weighted by atomic mass is 127. The first-order chi connectivity index (χ1) is 13.1. The van der Waals surface area contributed by atoms with Crippen LogP contribution in [0.15, 0.2) is 47.5 Å². The summed E-state index contributed by atoms with van der Waals surface area (Å²) in [5.41, 5.74) is 2.00. The Bertz CT molecular complexity index is 774. The van der Waals surface area contributed by atoms with E-state index in [1.807, 2.05) is 42.5 Å². The molecule has 154 valence electrons. The molecule has 0 amide bonds. The molecule has 0 aliphatic heterocycles. The molecule has 0 bridgehead atoms. The lowest BCUT2D eigenvalue weighted by Gasteiger charge is -2.19. The number of aliphatic imine (C=N–C) groups is 1. The Morgan fingerprint density at radius 2 is 1.86 bits per heavy atom. The van der Waals surface area contributed by atoms with Crippen molar-refractivity contribution in [3.05, 3.63) is 58.6 Å². The van der Waals surface area contributed by atoms with Crippen LogP contribution in [0.25, 0.3) is 0 Å². The number of hydrogen-bond acceptors (Lipinski definition) is 4. The minimum absolute atomic E-state index is 0. The first kappa shape index (κ1) is 24.3. The molecule has 1 unspecified atom stereocenters. The second kappa shape index (κ2) is 12.7. The van der Waals surface area contributed by atoms with E-state index in [2.05, 4.69) is 15.6 Å².